The average molecular weight is 389 g/mol. The fourth-order valence-corrected chi connectivity index (χ4v) is 4.39. The minimum absolute atomic E-state index is 0.0547. The molecule has 2 amide bonds. The van der Waals surface area contributed by atoms with Crippen LogP contribution in [0.25, 0.3) is 0 Å². The molecule has 3 rings (SSSR count). The van der Waals surface area contributed by atoms with Crippen LogP contribution >= 0.6 is 0 Å². The number of nitrogens with one attached hydrogen (secondary N) is 3. The molecule has 27 heavy (non-hydrogen) atoms. The van der Waals surface area contributed by atoms with E-state index in [1.165, 1.54) is 19.3 Å². The number of nitrogens with zero attached hydrogens (tertiary/aromatic N) is 2. The van der Waals surface area contributed by atoms with Crippen molar-refractivity contribution in [3.63, 3.8) is 0 Å². The number of carbonyl (C=O) groups excluding carboxylic acids is 2. The van der Waals surface area contributed by atoms with E-state index in [1.54, 1.807) is 24.3 Å². The van der Waals surface area contributed by atoms with E-state index in [0.29, 0.717) is 23.6 Å². The maximum absolute atomic E-state index is 12.4. The Morgan fingerprint density at radius 3 is 2.33 bits per heavy atom. The lowest BCUT2D eigenvalue weighted by atomic mass is 10.2. The summed E-state index contributed by atoms with van der Waals surface area (Å²) in [4.78, 5) is 31.4. The summed E-state index contributed by atoms with van der Waals surface area (Å²) < 4.78 is 23.1. The van der Waals surface area contributed by atoms with Gasteiger partial charge in [-0.15, -0.1) is 0 Å². The molecule has 3 N–H and O–H groups in total. The number of hydrogen-bond donors (Lipinski definition) is 3. The highest BCUT2D eigenvalue weighted by molar-refractivity contribution is 7.91. The van der Waals surface area contributed by atoms with Gasteiger partial charge in [0.05, 0.1) is 11.5 Å². The van der Waals surface area contributed by atoms with E-state index in [4.69, 9.17) is 0 Å². The molecule has 0 bridgehead atoms. The van der Waals surface area contributed by atoms with Crippen LogP contribution in [-0.4, -0.2) is 47.7 Å². The summed E-state index contributed by atoms with van der Waals surface area (Å²) in [7, 11) is -3.01. The highest BCUT2D eigenvalue weighted by atomic mass is 32.2. The second-order valence-electron chi connectivity index (χ2n) is 6.25. The van der Waals surface area contributed by atoms with Gasteiger partial charge < -0.3 is 16.0 Å². The van der Waals surface area contributed by atoms with Gasteiger partial charge in [0.2, 0.25) is 5.91 Å². The summed E-state index contributed by atoms with van der Waals surface area (Å²) in [6, 6.07) is 7.92. The molecule has 0 aliphatic carbocycles. The number of hydrogen-bond acceptors (Lipinski definition) is 7. The third-order valence-corrected chi connectivity index (χ3v) is 5.72. The van der Waals surface area contributed by atoms with Gasteiger partial charge in [0, 0.05) is 30.4 Å². The topological polar surface area (TPSA) is 130 Å². The molecule has 1 aromatic heterocycles. The predicted octanol–water partition coefficient (Wildman–Crippen LogP) is 1.29. The van der Waals surface area contributed by atoms with E-state index in [-0.39, 0.29) is 29.1 Å². The Kier molecular flexibility index (Phi) is 5.36. The fraction of sp³-hybridized carbons (Fsp3) is 0.294. The van der Waals surface area contributed by atoms with Crippen LogP contribution in [0.2, 0.25) is 0 Å². The fourth-order valence-electron chi connectivity index (χ4n) is 2.71. The molecule has 1 unspecified atom stereocenters. The van der Waals surface area contributed by atoms with Crippen molar-refractivity contribution < 1.29 is 18.0 Å². The van der Waals surface area contributed by atoms with Crippen LogP contribution in [0.5, 0.6) is 0 Å². The van der Waals surface area contributed by atoms with E-state index in [1.807, 2.05) is 0 Å². The van der Waals surface area contributed by atoms with Crippen molar-refractivity contribution in [2.75, 3.05) is 27.5 Å². The Balaban J connectivity index is 1.64. The molecule has 9 nitrogen and oxygen atoms in total. The second kappa shape index (κ2) is 7.70. The van der Waals surface area contributed by atoms with Gasteiger partial charge >= 0.3 is 0 Å². The molecule has 2 aromatic rings. The Labute approximate surface area is 156 Å². The lowest BCUT2D eigenvalue weighted by Gasteiger charge is -2.12. The van der Waals surface area contributed by atoms with E-state index < -0.39 is 15.7 Å². The first kappa shape index (κ1) is 18.8. The molecule has 1 aromatic carbocycles. The Morgan fingerprint density at radius 2 is 1.74 bits per heavy atom. The van der Waals surface area contributed by atoms with Crippen LogP contribution in [0, 0.1) is 0 Å². The van der Waals surface area contributed by atoms with Gasteiger partial charge in [-0.2, -0.15) is 0 Å². The molecule has 142 valence electrons. The summed E-state index contributed by atoms with van der Waals surface area (Å²) in [5.74, 6) is 0.00409. The maximum Gasteiger partial charge on any atom is 0.274 e. The number of anilines is 3. The largest absolute Gasteiger partial charge is 0.366 e. The first-order chi connectivity index (χ1) is 12.8. The Bertz CT molecular complexity index is 960. The monoisotopic (exact) mass is 389 g/mol. The van der Waals surface area contributed by atoms with Crippen LogP contribution in [0.15, 0.2) is 36.7 Å². The Morgan fingerprint density at radius 1 is 1.07 bits per heavy atom. The first-order valence-corrected chi connectivity index (χ1v) is 10.1. The van der Waals surface area contributed by atoms with Crippen LogP contribution in [0.4, 0.5) is 17.2 Å². The van der Waals surface area contributed by atoms with Gasteiger partial charge in [0.1, 0.15) is 17.8 Å². The predicted molar refractivity (Wildman–Crippen MR) is 101 cm³/mol. The molecule has 0 spiro atoms. The number of carbonyl (C=O) groups is 2. The van der Waals surface area contributed by atoms with Crippen molar-refractivity contribution in [2.45, 2.75) is 19.4 Å². The van der Waals surface area contributed by atoms with Gasteiger partial charge in [-0.05, 0) is 30.7 Å². The lowest BCUT2D eigenvalue weighted by molar-refractivity contribution is -0.114. The van der Waals surface area contributed by atoms with Crippen molar-refractivity contribution in [1.82, 2.24) is 9.97 Å². The number of aromatic nitrogens is 2. The van der Waals surface area contributed by atoms with Crippen LogP contribution in [0.3, 0.4) is 0 Å². The van der Waals surface area contributed by atoms with Gasteiger partial charge in [0.25, 0.3) is 5.91 Å². The molecule has 1 aliphatic rings. The summed E-state index contributed by atoms with van der Waals surface area (Å²) >= 11 is 0. The second-order valence-corrected chi connectivity index (χ2v) is 8.47. The number of sulfone groups is 1. The highest BCUT2D eigenvalue weighted by Gasteiger charge is 2.28. The van der Waals surface area contributed by atoms with Gasteiger partial charge in [-0.3, -0.25) is 9.59 Å². The van der Waals surface area contributed by atoms with Crippen LogP contribution < -0.4 is 16.0 Å². The van der Waals surface area contributed by atoms with Crippen molar-refractivity contribution in [3.05, 3.63) is 42.4 Å². The minimum atomic E-state index is -3.01. The van der Waals surface area contributed by atoms with E-state index in [0.717, 1.165) is 0 Å². The van der Waals surface area contributed by atoms with Crippen molar-refractivity contribution in [2.24, 2.45) is 0 Å². The minimum Gasteiger partial charge on any atom is -0.366 e. The normalized spacial score (nSPS) is 17.9. The Hall–Kier alpha value is -3.01. The smallest absolute Gasteiger partial charge is 0.274 e. The third kappa shape index (κ3) is 5.23. The third-order valence-electron chi connectivity index (χ3n) is 3.95. The van der Waals surface area contributed by atoms with Crippen LogP contribution in [0.1, 0.15) is 23.8 Å². The zero-order valence-corrected chi connectivity index (χ0v) is 15.4. The quantitative estimate of drug-likeness (QED) is 0.702. The van der Waals surface area contributed by atoms with Crippen molar-refractivity contribution in [3.8, 4) is 0 Å². The van der Waals surface area contributed by atoms with Gasteiger partial charge in [0.15, 0.2) is 9.84 Å². The SMILES string of the molecule is CC(=O)Nc1ccc(NC(=O)c2cc(NC3CCS(=O)(=O)C3)ncn2)cc1. The molecule has 1 aliphatic heterocycles. The van der Waals surface area contributed by atoms with Gasteiger partial charge in [-0.25, -0.2) is 18.4 Å². The number of rotatable bonds is 5. The van der Waals surface area contributed by atoms with E-state index >= 15 is 0 Å². The summed E-state index contributed by atoms with van der Waals surface area (Å²) in [5, 5.41) is 8.38. The summed E-state index contributed by atoms with van der Waals surface area (Å²) in [5.41, 5.74) is 1.32. The zero-order valence-electron chi connectivity index (χ0n) is 14.6. The number of benzene rings is 1. The molecule has 10 heteroatoms. The molecule has 1 saturated heterocycles. The maximum atomic E-state index is 12.4. The number of amides is 2. The molecular formula is C17H19N5O4S. The van der Waals surface area contributed by atoms with E-state index in [9.17, 15) is 18.0 Å². The lowest BCUT2D eigenvalue weighted by Crippen LogP contribution is -2.22. The average Bonchev–Trinajstić information content (AvgIpc) is 2.95. The van der Waals surface area contributed by atoms with Crippen LogP contribution in [-0.2, 0) is 14.6 Å². The molecule has 2 heterocycles. The molecule has 0 saturated carbocycles. The standard InChI is InChI=1S/C17H19N5O4S/c1-11(23)20-12-2-4-13(5-3-12)22-17(24)15-8-16(19-10-18-15)21-14-6-7-27(25,26)9-14/h2-5,8,10,14H,6-7,9H2,1H3,(H,20,23)(H,22,24)(H,18,19,21). The van der Waals surface area contributed by atoms with Crippen molar-refractivity contribution in [1.29, 1.82) is 0 Å². The molecule has 1 fully saturated rings. The molecular weight excluding hydrogens is 370 g/mol. The van der Waals surface area contributed by atoms with Crippen molar-refractivity contribution >= 4 is 38.8 Å². The summed E-state index contributed by atoms with van der Waals surface area (Å²) in [6.45, 7) is 1.41. The molecule has 1 atom stereocenters. The zero-order chi connectivity index (χ0) is 19.4. The van der Waals surface area contributed by atoms with Gasteiger partial charge in [-0.1, -0.05) is 0 Å². The molecule has 0 radical (unpaired) electrons. The van der Waals surface area contributed by atoms with E-state index in [2.05, 4.69) is 25.9 Å². The summed E-state index contributed by atoms with van der Waals surface area (Å²) in [6.07, 6.45) is 1.76. The highest BCUT2D eigenvalue weighted by Crippen LogP contribution is 2.17. The first-order valence-electron chi connectivity index (χ1n) is 8.29.